The molecule has 2 heterocycles. The highest BCUT2D eigenvalue weighted by Gasteiger charge is 2.29. The van der Waals surface area contributed by atoms with Crippen molar-refractivity contribution in [3.8, 4) is 5.75 Å². The van der Waals surface area contributed by atoms with Crippen LogP contribution >= 0.6 is 0 Å². The Morgan fingerprint density at radius 3 is 2.42 bits per heavy atom. The van der Waals surface area contributed by atoms with Gasteiger partial charge in [-0.05, 0) is 55.8 Å². The number of hydrogen-bond acceptors (Lipinski definition) is 6. The molecule has 7 nitrogen and oxygen atoms in total. The third-order valence-electron chi connectivity index (χ3n) is 8.51. The van der Waals surface area contributed by atoms with E-state index in [1.165, 1.54) is 0 Å². The fourth-order valence-electron chi connectivity index (χ4n) is 6.54. The highest BCUT2D eigenvalue weighted by molar-refractivity contribution is 6.28. The first-order chi connectivity index (χ1) is 22.0. The molecule has 0 saturated carbocycles. The predicted molar refractivity (Wildman–Crippen MR) is 184 cm³/mol. The van der Waals surface area contributed by atoms with Gasteiger partial charge in [-0.3, -0.25) is 4.99 Å². The molecular formula is C38H40N4O3. The van der Waals surface area contributed by atoms with Gasteiger partial charge in [0.25, 0.3) is 0 Å². The molecule has 4 aromatic carbocycles. The van der Waals surface area contributed by atoms with Crippen molar-refractivity contribution in [1.29, 1.82) is 0 Å². The smallest absolute Gasteiger partial charge is 0.355 e. The number of fused-ring (bicyclic) bond motifs is 1. The fourth-order valence-corrected chi connectivity index (χ4v) is 6.54. The minimum Gasteiger partial charge on any atom is -0.493 e. The molecule has 0 atom stereocenters. The number of para-hydroxylation sites is 2. The minimum atomic E-state index is -0.311. The van der Waals surface area contributed by atoms with E-state index in [1.807, 2.05) is 63.4 Å². The second-order valence-corrected chi connectivity index (χ2v) is 11.3. The molecule has 0 saturated heterocycles. The predicted octanol–water partition coefficient (Wildman–Crippen LogP) is 7.26. The van der Waals surface area contributed by atoms with Crippen LogP contribution in [0.3, 0.4) is 0 Å². The van der Waals surface area contributed by atoms with Crippen LogP contribution in [0.15, 0.2) is 102 Å². The number of allylic oxidation sites excluding steroid dienone is 1. The van der Waals surface area contributed by atoms with E-state index < -0.39 is 0 Å². The van der Waals surface area contributed by atoms with Crippen LogP contribution in [0.2, 0.25) is 0 Å². The molecule has 45 heavy (non-hydrogen) atoms. The Kier molecular flexibility index (Phi) is 8.87. The van der Waals surface area contributed by atoms with Crippen molar-refractivity contribution in [2.45, 2.75) is 33.2 Å². The van der Waals surface area contributed by atoms with Gasteiger partial charge < -0.3 is 24.7 Å². The molecule has 7 heteroatoms. The number of carbonyl (C=O) groups is 1. The van der Waals surface area contributed by atoms with E-state index in [2.05, 4.69) is 58.0 Å². The van der Waals surface area contributed by atoms with Crippen LogP contribution < -0.4 is 15.4 Å². The topological polar surface area (TPSA) is 82.1 Å². The molecule has 1 aliphatic heterocycles. The summed E-state index contributed by atoms with van der Waals surface area (Å²) in [7, 11) is 1.82. The fraction of sp³-hybridized carbons (Fsp3) is 0.263. The molecule has 0 spiro atoms. The summed E-state index contributed by atoms with van der Waals surface area (Å²) in [6, 6.07) is 30.9. The van der Waals surface area contributed by atoms with Crippen LogP contribution in [0.4, 0.5) is 5.69 Å². The summed E-state index contributed by atoms with van der Waals surface area (Å²) < 4.78 is 14.1. The molecule has 0 aliphatic carbocycles. The Labute approximate surface area is 264 Å². The van der Waals surface area contributed by atoms with Gasteiger partial charge in [-0.25, -0.2) is 4.79 Å². The summed E-state index contributed by atoms with van der Waals surface area (Å²) in [5.41, 5.74) is 13.8. The highest BCUT2D eigenvalue weighted by atomic mass is 16.5. The van der Waals surface area contributed by atoms with E-state index in [0.717, 1.165) is 61.9 Å². The first-order valence-corrected chi connectivity index (χ1v) is 15.7. The molecule has 5 aromatic rings. The first kappa shape index (κ1) is 30.0. The van der Waals surface area contributed by atoms with Gasteiger partial charge in [0, 0.05) is 53.4 Å². The lowest BCUT2D eigenvalue weighted by Gasteiger charge is -2.26. The zero-order valence-electron chi connectivity index (χ0n) is 26.3. The number of aromatic nitrogens is 1. The first-order valence-electron chi connectivity index (χ1n) is 15.7. The van der Waals surface area contributed by atoms with Gasteiger partial charge in [0.1, 0.15) is 11.4 Å². The molecule has 0 radical (unpaired) electrons. The van der Waals surface area contributed by atoms with Gasteiger partial charge >= 0.3 is 5.97 Å². The number of ether oxygens (including phenoxy) is 2. The lowest BCUT2D eigenvalue weighted by molar-refractivity contribution is 0.0513. The number of benzene rings is 4. The van der Waals surface area contributed by atoms with Crippen LogP contribution in [0.25, 0.3) is 27.2 Å². The Bertz CT molecular complexity index is 1900. The van der Waals surface area contributed by atoms with Gasteiger partial charge in [0.2, 0.25) is 0 Å². The van der Waals surface area contributed by atoms with Crippen molar-refractivity contribution in [1.82, 2.24) is 4.57 Å². The summed E-state index contributed by atoms with van der Waals surface area (Å²) in [6.45, 7) is 6.46. The third kappa shape index (κ3) is 5.90. The van der Waals surface area contributed by atoms with Gasteiger partial charge in [0.05, 0.1) is 31.0 Å². The Balaban J connectivity index is 1.43. The molecule has 2 N–H and O–H groups in total. The van der Waals surface area contributed by atoms with E-state index in [1.54, 1.807) is 0 Å². The molecule has 0 fully saturated rings. The van der Waals surface area contributed by atoms with Crippen LogP contribution in [-0.4, -0.2) is 49.6 Å². The monoisotopic (exact) mass is 600 g/mol. The van der Waals surface area contributed by atoms with E-state index in [9.17, 15) is 4.79 Å². The molecule has 0 unspecified atom stereocenters. The highest BCUT2D eigenvalue weighted by Crippen LogP contribution is 2.36. The zero-order chi connectivity index (χ0) is 31.3. The Morgan fingerprint density at radius 2 is 1.64 bits per heavy atom. The zero-order valence-corrected chi connectivity index (χ0v) is 26.3. The van der Waals surface area contributed by atoms with E-state index >= 15 is 0 Å². The number of carbonyl (C=O) groups excluding carboxylic acids is 1. The normalized spacial score (nSPS) is 15.5. The number of aryl methyl sites for hydroxylation is 1. The van der Waals surface area contributed by atoms with Crippen LogP contribution in [-0.2, 0) is 17.7 Å². The van der Waals surface area contributed by atoms with Crippen molar-refractivity contribution in [2.75, 3.05) is 38.3 Å². The average molecular weight is 601 g/mol. The van der Waals surface area contributed by atoms with Crippen molar-refractivity contribution in [2.24, 2.45) is 10.7 Å². The molecular weight excluding hydrogens is 560 g/mol. The number of nitrogens with zero attached hydrogens (tertiary/aromatic N) is 3. The number of esters is 1. The van der Waals surface area contributed by atoms with Crippen LogP contribution in [0.1, 0.15) is 41.9 Å². The molecule has 1 aliphatic rings. The number of anilines is 1. The third-order valence-corrected chi connectivity index (χ3v) is 8.51. The number of nitrogens with two attached hydrogens (primary N) is 1. The summed E-state index contributed by atoms with van der Waals surface area (Å²) in [6.07, 6.45) is 1.39. The summed E-state index contributed by atoms with van der Waals surface area (Å²) in [4.78, 5) is 20.8. The van der Waals surface area contributed by atoms with Gasteiger partial charge in [-0.2, -0.15) is 0 Å². The summed E-state index contributed by atoms with van der Waals surface area (Å²) >= 11 is 0. The molecule has 0 amide bonds. The second kappa shape index (κ2) is 13.3. The lowest BCUT2D eigenvalue weighted by atomic mass is 9.95. The van der Waals surface area contributed by atoms with Gasteiger partial charge in [-0.1, -0.05) is 72.8 Å². The van der Waals surface area contributed by atoms with E-state index in [4.69, 9.17) is 20.2 Å². The molecule has 230 valence electrons. The Hall–Kier alpha value is -5.04. The van der Waals surface area contributed by atoms with Crippen LogP contribution in [0, 0.1) is 0 Å². The average Bonchev–Trinajstić information content (AvgIpc) is 3.41. The SMILES string of the molecule is CCOC(=O)c1c(CCCOc2cccc3ccccc23)c2cccc3c2n1CCN(c1ccccc1)CC(=NC)C3=C(C)N. The molecule has 6 rings (SSSR count). The number of aliphatic imine (C=N–C) groups is 1. The number of rotatable bonds is 8. The number of hydrogen-bond donors (Lipinski definition) is 1. The molecule has 1 aromatic heterocycles. The maximum Gasteiger partial charge on any atom is 0.355 e. The van der Waals surface area contributed by atoms with E-state index in [-0.39, 0.29) is 5.97 Å². The minimum absolute atomic E-state index is 0.298. The summed E-state index contributed by atoms with van der Waals surface area (Å²) in [5, 5.41) is 3.27. The van der Waals surface area contributed by atoms with Crippen molar-refractivity contribution >= 4 is 44.6 Å². The maximum absolute atomic E-state index is 13.8. The standard InChI is InChI=1S/C38H40N4O3/c1-4-44-38(43)37-31(20-12-24-45-34-21-10-14-27-13-8-9-17-29(27)34)30-18-11-19-32-35(26(2)39)33(40-3)25-41(22-23-42(37)36(30)32)28-15-6-5-7-16-28/h5-11,13-19,21H,4,12,20,22-25,39H2,1-3H3. The van der Waals surface area contributed by atoms with E-state index in [0.29, 0.717) is 50.7 Å². The van der Waals surface area contributed by atoms with Gasteiger partial charge in [-0.15, -0.1) is 0 Å². The maximum atomic E-state index is 13.8. The van der Waals surface area contributed by atoms with Crippen molar-refractivity contribution in [3.63, 3.8) is 0 Å². The van der Waals surface area contributed by atoms with Gasteiger partial charge in [0.15, 0.2) is 0 Å². The lowest BCUT2D eigenvalue weighted by Crippen LogP contribution is -2.33. The van der Waals surface area contributed by atoms with Crippen molar-refractivity contribution < 1.29 is 14.3 Å². The summed E-state index contributed by atoms with van der Waals surface area (Å²) in [5.74, 6) is 0.556. The van der Waals surface area contributed by atoms with Crippen LogP contribution in [0.5, 0.6) is 5.75 Å². The van der Waals surface area contributed by atoms with Crippen molar-refractivity contribution in [3.05, 3.63) is 114 Å². The largest absolute Gasteiger partial charge is 0.493 e. The Morgan fingerprint density at radius 1 is 0.911 bits per heavy atom. The second-order valence-electron chi connectivity index (χ2n) is 11.3. The molecule has 0 bridgehead atoms. The quantitative estimate of drug-likeness (QED) is 0.150.